The van der Waals surface area contributed by atoms with Crippen LogP contribution in [0, 0.1) is 12.3 Å². The molecule has 0 aromatic rings. The highest BCUT2D eigenvalue weighted by atomic mass is 19.4. The SMILES string of the molecule is C#CCN(CC(=O)O)C(=O)N(CCC)CC(F)(F)F. The zero-order valence-corrected chi connectivity index (χ0v) is 10.4. The normalized spacial score (nSPS) is 10.7. The molecule has 8 heteroatoms. The van der Waals surface area contributed by atoms with Gasteiger partial charge in [0, 0.05) is 6.54 Å². The van der Waals surface area contributed by atoms with Crippen LogP contribution in [0.4, 0.5) is 18.0 Å². The highest BCUT2D eigenvalue weighted by molar-refractivity contribution is 5.80. The van der Waals surface area contributed by atoms with Crippen LogP contribution < -0.4 is 0 Å². The third-order valence-electron chi connectivity index (χ3n) is 2.01. The number of carbonyl (C=O) groups excluding carboxylic acids is 1. The molecule has 0 bridgehead atoms. The number of rotatable bonds is 6. The van der Waals surface area contributed by atoms with Crippen molar-refractivity contribution in [1.29, 1.82) is 0 Å². The first kappa shape index (κ1) is 17.1. The fourth-order valence-electron chi connectivity index (χ4n) is 1.39. The summed E-state index contributed by atoms with van der Waals surface area (Å²) >= 11 is 0. The standard InChI is InChI=1S/C11H15F3N2O3/c1-3-5-15(7-9(17)18)10(19)16(6-4-2)8-11(12,13)14/h1H,4-8H2,2H3,(H,17,18). The first-order valence-corrected chi connectivity index (χ1v) is 5.47. The molecule has 0 atom stereocenters. The Morgan fingerprint density at radius 2 is 1.89 bits per heavy atom. The van der Waals surface area contributed by atoms with Crippen molar-refractivity contribution in [3.63, 3.8) is 0 Å². The molecule has 0 heterocycles. The molecule has 0 saturated carbocycles. The Morgan fingerprint density at radius 1 is 1.32 bits per heavy atom. The predicted octanol–water partition coefficient (Wildman–Crippen LogP) is 1.40. The maximum absolute atomic E-state index is 12.3. The van der Waals surface area contributed by atoms with Gasteiger partial charge in [-0.3, -0.25) is 4.79 Å². The average molecular weight is 280 g/mol. The van der Waals surface area contributed by atoms with Crippen molar-refractivity contribution < 1.29 is 27.9 Å². The molecule has 5 nitrogen and oxygen atoms in total. The number of hydrogen-bond donors (Lipinski definition) is 1. The largest absolute Gasteiger partial charge is 0.480 e. The lowest BCUT2D eigenvalue weighted by atomic mass is 10.4. The fraction of sp³-hybridized carbons (Fsp3) is 0.636. The van der Waals surface area contributed by atoms with E-state index < -0.39 is 31.3 Å². The molecule has 0 fully saturated rings. The molecule has 0 aliphatic rings. The first-order chi connectivity index (χ1) is 8.71. The van der Waals surface area contributed by atoms with Crippen LogP contribution in [0.5, 0.6) is 0 Å². The first-order valence-electron chi connectivity index (χ1n) is 5.47. The van der Waals surface area contributed by atoms with Gasteiger partial charge in [0.1, 0.15) is 13.1 Å². The number of alkyl halides is 3. The molecule has 1 N–H and O–H groups in total. The van der Waals surface area contributed by atoms with E-state index in [0.29, 0.717) is 16.2 Å². The minimum Gasteiger partial charge on any atom is -0.480 e. The van der Waals surface area contributed by atoms with Crippen molar-refractivity contribution in [2.24, 2.45) is 0 Å². The molecule has 0 radical (unpaired) electrons. The molecule has 0 unspecified atom stereocenters. The van der Waals surface area contributed by atoms with Gasteiger partial charge in [-0.1, -0.05) is 12.8 Å². The number of nitrogens with zero attached hydrogens (tertiary/aromatic N) is 2. The van der Waals surface area contributed by atoms with Crippen LogP contribution in [0.3, 0.4) is 0 Å². The van der Waals surface area contributed by atoms with Crippen molar-refractivity contribution in [3.8, 4) is 12.3 Å². The molecule has 0 rings (SSSR count). The summed E-state index contributed by atoms with van der Waals surface area (Å²) in [6.07, 6.45) is 0.739. The van der Waals surface area contributed by atoms with E-state index in [2.05, 4.69) is 0 Å². The smallest absolute Gasteiger partial charge is 0.406 e. The van der Waals surface area contributed by atoms with E-state index in [1.807, 2.05) is 5.92 Å². The summed E-state index contributed by atoms with van der Waals surface area (Å²) in [5, 5.41) is 8.60. The monoisotopic (exact) mass is 280 g/mol. The molecule has 0 aliphatic carbocycles. The van der Waals surface area contributed by atoms with Crippen molar-refractivity contribution in [3.05, 3.63) is 0 Å². The van der Waals surface area contributed by atoms with Crippen molar-refractivity contribution in [2.75, 3.05) is 26.2 Å². The Morgan fingerprint density at radius 3 is 2.26 bits per heavy atom. The van der Waals surface area contributed by atoms with E-state index in [1.54, 1.807) is 6.92 Å². The van der Waals surface area contributed by atoms with Gasteiger partial charge in [-0.15, -0.1) is 6.42 Å². The lowest BCUT2D eigenvalue weighted by Crippen LogP contribution is -2.48. The molecule has 19 heavy (non-hydrogen) atoms. The second-order valence-electron chi connectivity index (χ2n) is 3.77. The van der Waals surface area contributed by atoms with E-state index >= 15 is 0 Å². The molecule has 2 amide bonds. The number of hydrogen-bond acceptors (Lipinski definition) is 2. The van der Waals surface area contributed by atoms with Gasteiger partial charge in [-0.25, -0.2) is 4.79 Å². The van der Waals surface area contributed by atoms with Gasteiger partial charge in [-0.2, -0.15) is 13.2 Å². The molecule has 0 aliphatic heterocycles. The maximum Gasteiger partial charge on any atom is 0.406 e. The number of amides is 2. The van der Waals surface area contributed by atoms with Gasteiger partial charge in [0.15, 0.2) is 0 Å². The van der Waals surface area contributed by atoms with Crippen LogP contribution in [0.25, 0.3) is 0 Å². The van der Waals surface area contributed by atoms with Crippen LogP contribution in [-0.4, -0.2) is 59.3 Å². The number of halogens is 3. The Bertz CT molecular complexity index is 363. The Labute approximate surface area is 109 Å². The number of carboxylic acid groups (broad SMARTS) is 1. The van der Waals surface area contributed by atoms with Gasteiger partial charge < -0.3 is 14.9 Å². The molecule has 0 aromatic carbocycles. The third kappa shape index (κ3) is 7.18. The fourth-order valence-corrected chi connectivity index (χ4v) is 1.39. The van der Waals surface area contributed by atoms with Crippen LogP contribution in [0.15, 0.2) is 0 Å². The summed E-state index contributed by atoms with van der Waals surface area (Å²) in [5.41, 5.74) is 0. The van der Waals surface area contributed by atoms with Gasteiger partial charge in [0.2, 0.25) is 0 Å². The highest BCUT2D eigenvalue weighted by Gasteiger charge is 2.34. The zero-order chi connectivity index (χ0) is 15.1. The molecule has 0 spiro atoms. The third-order valence-corrected chi connectivity index (χ3v) is 2.01. The Kier molecular flexibility index (Phi) is 6.75. The topological polar surface area (TPSA) is 60.9 Å². The van der Waals surface area contributed by atoms with Crippen molar-refractivity contribution >= 4 is 12.0 Å². The minimum atomic E-state index is -4.55. The number of aliphatic carboxylic acids is 1. The van der Waals surface area contributed by atoms with E-state index in [4.69, 9.17) is 11.5 Å². The Balaban J connectivity index is 4.91. The second-order valence-corrected chi connectivity index (χ2v) is 3.77. The molecular weight excluding hydrogens is 265 g/mol. The summed E-state index contributed by atoms with van der Waals surface area (Å²) in [7, 11) is 0. The van der Waals surface area contributed by atoms with Gasteiger partial charge >= 0.3 is 18.2 Å². The summed E-state index contributed by atoms with van der Waals surface area (Å²) in [6, 6.07) is -1.03. The Hall–Kier alpha value is -1.91. The van der Waals surface area contributed by atoms with Crippen molar-refractivity contribution in [1.82, 2.24) is 9.80 Å². The maximum atomic E-state index is 12.3. The van der Waals surface area contributed by atoms with Crippen LogP contribution in [0.1, 0.15) is 13.3 Å². The molecule has 108 valence electrons. The highest BCUT2D eigenvalue weighted by Crippen LogP contribution is 2.17. The average Bonchev–Trinajstić information content (AvgIpc) is 2.24. The van der Waals surface area contributed by atoms with Crippen molar-refractivity contribution in [2.45, 2.75) is 19.5 Å². The summed E-state index contributed by atoms with van der Waals surface area (Å²) in [4.78, 5) is 23.6. The lowest BCUT2D eigenvalue weighted by Gasteiger charge is -2.29. The quantitative estimate of drug-likeness (QED) is 0.748. The minimum absolute atomic E-state index is 0.126. The van der Waals surface area contributed by atoms with Gasteiger partial charge in [-0.05, 0) is 6.42 Å². The van der Waals surface area contributed by atoms with E-state index in [0.717, 1.165) is 0 Å². The molecule has 0 aromatic heterocycles. The summed E-state index contributed by atoms with van der Waals surface area (Å²) in [6.45, 7) is -1.04. The number of terminal acetylenes is 1. The van der Waals surface area contributed by atoms with Crippen LogP contribution in [0.2, 0.25) is 0 Å². The lowest BCUT2D eigenvalue weighted by molar-refractivity contribution is -0.142. The van der Waals surface area contributed by atoms with Crippen LogP contribution >= 0.6 is 0 Å². The summed E-state index contributed by atoms with van der Waals surface area (Å²) in [5.74, 6) is 0.707. The van der Waals surface area contributed by atoms with E-state index in [9.17, 15) is 22.8 Å². The summed E-state index contributed by atoms with van der Waals surface area (Å²) < 4.78 is 37.0. The molecule has 0 saturated heterocycles. The van der Waals surface area contributed by atoms with Crippen LogP contribution in [-0.2, 0) is 4.79 Å². The number of urea groups is 1. The van der Waals surface area contributed by atoms with Gasteiger partial charge in [0.25, 0.3) is 0 Å². The van der Waals surface area contributed by atoms with Gasteiger partial charge in [0.05, 0.1) is 6.54 Å². The number of carbonyl (C=O) groups is 2. The predicted molar refractivity (Wildman–Crippen MR) is 61.4 cm³/mol. The van der Waals surface area contributed by atoms with E-state index in [-0.39, 0.29) is 13.1 Å². The van der Waals surface area contributed by atoms with E-state index in [1.165, 1.54) is 0 Å². The second kappa shape index (κ2) is 7.51. The zero-order valence-electron chi connectivity index (χ0n) is 10.4. The number of carboxylic acids is 1. The molecular formula is C11H15F3N2O3.